The molecule has 0 radical (unpaired) electrons. The van der Waals surface area contributed by atoms with Crippen LogP contribution in [0, 0.1) is 15.9 Å². The number of methoxy groups -OCH3 is 1. The number of nitrogens with two attached hydrogens (primary N) is 1. The summed E-state index contributed by atoms with van der Waals surface area (Å²) >= 11 is 0. The summed E-state index contributed by atoms with van der Waals surface area (Å²) in [5, 5.41) is 15.7. The summed E-state index contributed by atoms with van der Waals surface area (Å²) < 4.78 is 30.9. The molecule has 11 nitrogen and oxygen atoms in total. The van der Waals surface area contributed by atoms with Crippen molar-refractivity contribution in [2.45, 2.75) is 6.61 Å². The summed E-state index contributed by atoms with van der Waals surface area (Å²) in [6, 6.07) is 6.43. The molecule has 0 spiro atoms. The number of aryl methyl sites for hydroxylation is 1. The number of halogens is 1. The highest BCUT2D eigenvalue weighted by Crippen LogP contribution is 2.40. The normalized spacial score (nSPS) is 10.5. The molecule has 0 fully saturated rings. The van der Waals surface area contributed by atoms with E-state index in [1.807, 2.05) is 0 Å². The molecule has 2 heterocycles. The first-order valence-corrected chi connectivity index (χ1v) is 8.40. The Morgan fingerprint density at radius 3 is 2.70 bits per heavy atom. The zero-order chi connectivity index (χ0) is 21.8. The van der Waals surface area contributed by atoms with Crippen LogP contribution in [0.15, 0.2) is 36.5 Å². The van der Waals surface area contributed by atoms with Crippen LogP contribution in [0.1, 0.15) is 5.69 Å². The van der Waals surface area contributed by atoms with E-state index in [4.69, 9.17) is 15.2 Å². The minimum Gasteiger partial charge on any atom is -0.490 e. The van der Waals surface area contributed by atoms with Crippen LogP contribution in [0.3, 0.4) is 0 Å². The molecule has 3 aromatic rings. The first-order valence-electron chi connectivity index (χ1n) is 8.40. The Hall–Kier alpha value is -4.22. The van der Waals surface area contributed by atoms with Crippen LogP contribution >= 0.6 is 0 Å². The van der Waals surface area contributed by atoms with Crippen LogP contribution in [0.25, 0.3) is 11.3 Å². The number of nitro groups is 1. The molecule has 0 aliphatic carbocycles. The fraction of sp³-hybridized carbons (Fsp3) is 0.167. The van der Waals surface area contributed by atoms with Crippen molar-refractivity contribution < 1.29 is 28.3 Å². The van der Waals surface area contributed by atoms with Gasteiger partial charge in [-0.2, -0.15) is 5.10 Å². The van der Waals surface area contributed by atoms with Gasteiger partial charge < -0.3 is 19.9 Å². The third-order valence-electron chi connectivity index (χ3n) is 3.91. The minimum atomic E-state index is -1.10. The number of benzene rings is 1. The predicted octanol–water partition coefficient (Wildman–Crippen LogP) is 2.57. The van der Waals surface area contributed by atoms with E-state index in [1.54, 1.807) is 19.3 Å². The fourth-order valence-electron chi connectivity index (χ4n) is 2.65. The third kappa shape index (κ3) is 4.43. The van der Waals surface area contributed by atoms with Crippen molar-refractivity contribution >= 4 is 11.8 Å². The number of pyridine rings is 1. The Morgan fingerprint density at radius 2 is 2.10 bits per heavy atom. The van der Waals surface area contributed by atoms with Crippen LogP contribution in [0.4, 0.5) is 14.9 Å². The van der Waals surface area contributed by atoms with Crippen LogP contribution < -0.4 is 19.9 Å². The standard InChI is InChI=1S/C18H16FN5O6/c1-23-6-5-13(22-23)11-7-10(8-15(24(26)27)17(11)28-2)29-9-14-12(19)3-4-16(21-14)30-18(20)25/h3-8H,9H2,1-2H3,(H2,20,25). The van der Waals surface area contributed by atoms with Gasteiger partial charge in [0.05, 0.1) is 29.4 Å². The van der Waals surface area contributed by atoms with E-state index in [0.29, 0.717) is 11.3 Å². The van der Waals surface area contributed by atoms with E-state index in [9.17, 15) is 19.3 Å². The molecule has 0 atom stereocenters. The Kier molecular flexibility index (Phi) is 5.76. The zero-order valence-corrected chi connectivity index (χ0v) is 15.9. The van der Waals surface area contributed by atoms with Gasteiger partial charge in [0.2, 0.25) is 11.6 Å². The molecule has 0 bridgehead atoms. The summed E-state index contributed by atoms with van der Waals surface area (Å²) in [5.74, 6) is -0.866. The molecule has 0 aliphatic rings. The largest absolute Gasteiger partial charge is 0.490 e. The highest BCUT2D eigenvalue weighted by molar-refractivity contribution is 5.75. The average Bonchev–Trinajstić information content (AvgIpc) is 3.13. The van der Waals surface area contributed by atoms with E-state index in [1.165, 1.54) is 17.9 Å². The molecule has 12 heteroatoms. The highest BCUT2D eigenvalue weighted by atomic mass is 19.1. The molecule has 30 heavy (non-hydrogen) atoms. The first-order chi connectivity index (χ1) is 14.3. The van der Waals surface area contributed by atoms with E-state index < -0.39 is 23.4 Å². The Labute approximate surface area is 168 Å². The van der Waals surface area contributed by atoms with Gasteiger partial charge in [-0.15, -0.1) is 0 Å². The third-order valence-corrected chi connectivity index (χ3v) is 3.91. The van der Waals surface area contributed by atoms with E-state index in [2.05, 4.69) is 14.8 Å². The molecule has 1 amide bonds. The number of nitrogens with zero attached hydrogens (tertiary/aromatic N) is 4. The van der Waals surface area contributed by atoms with Gasteiger partial charge in [-0.05, 0) is 18.2 Å². The Balaban J connectivity index is 1.96. The van der Waals surface area contributed by atoms with E-state index in [0.717, 1.165) is 18.2 Å². The maximum absolute atomic E-state index is 14.0. The predicted molar refractivity (Wildman–Crippen MR) is 101 cm³/mol. The number of carbonyl (C=O) groups is 1. The van der Waals surface area contributed by atoms with Crippen LogP contribution in [0.2, 0.25) is 0 Å². The Bertz CT molecular complexity index is 1120. The van der Waals surface area contributed by atoms with Gasteiger partial charge in [0.15, 0.2) is 0 Å². The lowest BCUT2D eigenvalue weighted by Gasteiger charge is -2.12. The maximum Gasteiger partial charge on any atom is 0.411 e. The second-order valence-corrected chi connectivity index (χ2v) is 5.94. The first kappa shape index (κ1) is 20.5. The topological polar surface area (TPSA) is 145 Å². The number of amides is 1. The SMILES string of the molecule is COc1c(-c2ccn(C)n2)cc(OCc2nc(OC(N)=O)ccc2F)cc1[N+](=O)[O-]. The molecular formula is C18H16FN5O6. The smallest absolute Gasteiger partial charge is 0.411 e. The number of rotatable bonds is 7. The highest BCUT2D eigenvalue weighted by Gasteiger charge is 2.24. The molecule has 0 unspecified atom stereocenters. The lowest BCUT2D eigenvalue weighted by atomic mass is 10.1. The summed E-state index contributed by atoms with van der Waals surface area (Å²) in [6.07, 6.45) is 0.559. The number of carbonyl (C=O) groups excluding carboxylic acids is 1. The number of hydrogen-bond acceptors (Lipinski definition) is 8. The molecular weight excluding hydrogens is 401 g/mol. The lowest BCUT2D eigenvalue weighted by molar-refractivity contribution is -0.385. The van der Waals surface area contributed by atoms with Gasteiger partial charge in [0.1, 0.15) is 23.9 Å². The number of aromatic nitrogens is 3. The van der Waals surface area contributed by atoms with Crippen molar-refractivity contribution in [3.05, 3.63) is 58.2 Å². The minimum absolute atomic E-state index is 0.00668. The van der Waals surface area contributed by atoms with Gasteiger partial charge in [0, 0.05) is 19.3 Å². The van der Waals surface area contributed by atoms with Crippen molar-refractivity contribution in [3.63, 3.8) is 0 Å². The lowest BCUT2D eigenvalue weighted by Crippen LogP contribution is -2.17. The second-order valence-electron chi connectivity index (χ2n) is 5.94. The van der Waals surface area contributed by atoms with Gasteiger partial charge in [0.25, 0.3) is 0 Å². The number of nitro benzene ring substituents is 1. The van der Waals surface area contributed by atoms with Crippen molar-refractivity contribution in [2.75, 3.05) is 7.11 Å². The molecule has 156 valence electrons. The molecule has 1 aromatic carbocycles. The zero-order valence-electron chi connectivity index (χ0n) is 15.9. The van der Waals surface area contributed by atoms with Crippen molar-refractivity contribution in [1.29, 1.82) is 0 Å². The van der Waals surface area contributed by atoms with Gasteiger partial charge in [-0.3, -0.25) is 14.8 Å². The average molecular weight is 417 g/mol. The summed E-state index contributed by atoms with van der Waals surface area (Å²) in [7, 11) is 3.00. The number of primary amides is 1. The summed E-state index contributed by atoms with van der Waals surface area (Å²) in [5.41, 5.74) is 5.12. The van der Waals surface area contributed by atoms with Crippen LogP contribution in [-0.2, 0) is 13.7 Å². The summed E-state index contributed by atoms with van der Waals surface area (Å²) in [6.45, 7) is -0.396. The maximum atomic E-state index is 14.0. The molecule has 2 N–H and O–H groups in total. The monoisotopic (exact) mass is 417 g/mol. The van der Waals surface area contributed by atoms with Crippen molar-refractivity contribution in [1.82, 2.24) is 14.8 Å². The van der Waals surface area contributed by atoms with Gasteiger partial charge in [-0.25, -0.2) is 14.2 Å². The van der Waals surface area contributed by atoms with Gasteiger partial charge >= 0.3 is 11.8 Å². The molecule has 0 aliphatic heterocycles. The van der Waals surface area contributed by atoms with E-state index in [-0.39, 0.29) is 28.8 Å². The molecule has 3 rings (SSSR count). The van der Waals surface area contributed by atoms with Crippen LogP contribution in [0.5, 0.6) is 17.4 Å². The summed E-state index contributed by atoms with van der Waals surface area (Å²) in [4.78, 5) is 25.5. The Morgan fingerprint density at radius 1 is 1.33 bits per heavy atom. The van der Waals surface area contributed by atoms with Crippen LogP contribution in [-0.4, -0.2) is 32.9 Å². The molecule has 0 saturated carbocycles. The quantitative estimate of drug-likeness (QED) is 0.456. The van der Waals surface area contributed by atoms with Crippen molar-refractivity contribution in [2.24, 2.45) is 12.8 Å². The second kappa shape index (κ2) is 8.43. The van der Waals surface area contributed by atoms with Crippen molar-refractivity contribution in [3.8, 4) is 28.6 Å². The molecule has 0 saturated heterocycles. The van der Waals surface area contributed by atoms with E-state index >= 15 is 0 Å². The van der Waals surface area contributed by atoms with Gasteiger partial charge in [-0.1, -0.05) is 0 Å². The fourth-order valence-corrected chi connectivity index (χ4v) is 2.65. The number of hydrogen-bond donors (Lipinski definition) is 1. The molecule has 2 aromatic heterocycles. The number of ether oxygens (including phenoxy) is 3.